The predicted octanol–water partition coefficient (Wildman–Crippen LogP) is 2.29. The van der Waals surface area contributed by atoms with E-state index in [1.165, 1.54) is 17.2 Å². The van der Waals surface area contributed by atoms with Gasteiger partial charge in [-0.1, -0.05) is 27.7 Å². The van der Waals surface area contributed by atoms with Crippen LogP contribution in [0, 0.1) is 0 Å². The summed E-state index contributed by atoms with van der Waals surface area (Å²) in [6.07, 6.45) is 0.513. The molecule has 1 aliphatic rings. The van der Waals surface area contributed by atoms with E-state index in [9.17, 15) is 18.9 Å². The molecular formula is C16H27N5O7P2. The highest BCUT2D eigenvalue weighted by Gasteiger charge is 2.43. The van der Waals surface area contributed by atoms with E-state index in [2.05, 4.69) is 15.1 Å². The average molecular weight is 463 g/mol. The van der Waals surface area contributed by atoms with Gasteiger partial charge in [0.05, 0.1) is 29.5 Å². The van der Waals surface area contributed by atoms with Gasteiger partial charge in [-0.3, -0.25) is 9.13 Å². The van der Waals surface area contributed by atoms with Gasteiger partial charge in [-0.25, -0.2) is 14.6 Å². The maximum absolute atomic E-state index is 12.4. The first kappa shape index (κ1) is 23.3. The second kappa shape index (κ2) is 8.63. The molecule has 0 spiro atoms. The van der Waals surface area contributed by atoms with Crippen molar-refractivity contribution in [2.45, 2.75) is 63.9 Å². The summed E-state index contributed by atoms with van der Waals surface area (Å²) in [5.74, 6) is 0.259. The van der Waals surface area contributed by atoms with Crippen LogP contribution in [0.5, 0.6) is 0 Å². The van der Waals surface area contributed by atoms with Crippen LogP contribution in [0.1, 0.15) is 40.3 Å². The van der Waals surface area contributed by atoms with Crippen molar-refractivity contribution in [2.24, 2.45) is 0 Å². The molecule has 1 aliphatic heterocycles. The van der Waals surface area contributed by atoms with Gasteiger partial charge < -0.3 is 29.3 Å². The number of nitrogens with zero attached hydrogens (tertiary/aromatic N) is 4. The number of nitrogens with two attached hydrogens (primary N) is 1. The Morgan fingerprint density at radius 1 is 1.23 bits per heavy atom. The van der Waals surface area contributed by atoms with E-state index < -0.39 is 44.9 Å². The van der Waals surface area contributed by atoms with Crippen molar-refractivity contribution in [3.8, 4) is 0 Å². The quantitative estimate of drug-likeness (QED) is 0.490. The van der Waals surface area contributed by atoms with Crippen LogP contribution in [0.25, 0.3) is 11.0 Å². The minimum absolute atomic E-state index is 0.156. The van der Waals surface area contributed by atoms with E-state index >= 15 is 0 Å². The first-order valence-electron chi connectivity index (χ1n) is 9.49. The molecule has 14 heteroatoms. The maximum Gasteiger partial charge on any atom is 0.330 e. The van der Waals surface area contributed by atoms with E-state index in [1.54, 1.807) is 27.7 Å². The smallest absolute Gasteiger partial charge is 0.330 e. The Morgan fingerprint density at radius 2 is 1.90 bits per heavy atom. The Kier molecular flexibility index (Phi) is 6.69. The Balaban J connectivity index is 1.86. The van der Waals surface area contributed by atoms with Crippen LogP contribution in [0.15, 0.2) is 12.5 Å². The third-order valence-corrected chi connectivity index (χ3v) is 8.59. The minimum Gasteiger partial charge on any atom is -0.383 e. The van der Waals surface area contributed by atoms with E-state index in [4.69, 9.17) is 19.5 Å². The molecule has 2 aromatic rings. The number of aromatic nitrogens is 4. The van der Waals surface area contributed by atoms with Crippen LogP contribution in [0.4, 0.5) is 5.82 Å². The second-order valence-electron chi connectivity index (χ2n) is 7.71. The van der Waals surface area contributed by atoms with Crippen molar-refractivity contribution in [3.05, 3.63) is 12.5 Å². The number of nitrogen functional groups attached to an aromatic ring is 1. The van der Waals surface area contributed by atoms with Crippen LogP contribution in [-0.4, -0.2) is 59.7 Å². The molecule has 1 saturated heterocycles. The summed E-state index contributed by atoms with van der Waals surface area (Å²) in [4.78, 5) is 28.2. The fraction of sp³-hybridized carbons (Fsp3) is 0.688. The molecule has 0 amide bonds. The maximum atomic E-state index is 12.4. The van der Waals surface area contributed by atoms with Crippen molar-refractivity contribution in [3.63, 3.8) is 0 Å². The lowest BCUT2D eigenvalue weighted by molar-refractivity contribution is -0.0413. The number of hydrogen-bond acceptors (Lipinski definition) is 9. The normalized spacial score (nSPS) is 26.3. The van der Waals surface area contributed by atoms with Gasteiger partial charge in [0, 0.05) is 6.42 Å². The summed E-state index contributed by atoms with van der Waals surface area (Å²) in [6, 6.07) is 0. The van der Waals surface area contributed by atoms with Crippen LogP contribution in [0.2, 0.25) is 0 Å². The first-order valence-corrected chi connectivity index (χ1v) is 12.8. The number of ether oxygens (including phenoxy) is 1. The fourth-order valence-corrected chi connectivity index (χ4v) is 4.36. The third-order valence-electron chi connectivity index (χ3n) is 4.89. The van der Waals surface area contributed by atoms with E-state index in [-0.39, 0.29) is 18.8 Å². The molecule has 5 atom stereocenters. The molecule has 168 valence electrons. The van der Waals surface area contributed by atoms with Gasteiger partial charge in [0.2, 0.25) is 0 Å². The number of rotatable bonds is 8. The topological polar surface area (TPSA) is 172 Å². The third kappa shape index (κ3) is 4.75. The zero-order chi connectivity index (χ0) is 22.3. The summed E-state index contributed by atoms with van der Waals surface area (Å²) in [7, 11) is -7.80. The Hall–Kier alpha value is -1.39. The highest BCUT2D eigenvalue weighted by atomic mass is 31.2. The van der Waals surface area contributed by atoms with Crippen molar-refractivity contribution >= 4 is 32.0 Å². The Bertz CT molecular complexity index is 998. The lowest BCUT2D eigenvalue weighted by Crippen LogP contribution is -2.29. The molecule has 2 unspecified atom stereocenters. The number of fused-ring (bicyclic) bond motifs is 1. The molecule has 0 bridgehead atoms. The Morgan fingerprint density at radius 3 is 2.53 bits per heavy atom. The minimum atomic E-state index is -3.94. The molecule has 2 aromatic heterocycles. The van der Waals surface area contributed by atoms with E-state index in [0.717, 1.165) is 0 Å². The predicted molar refractivity (Wildman–Crippen MR) is 109 cm³/mol. The van der Waals surface area contributed by atoms with Crippen molar-refractivity contribution in [1.29, 1.82) is 0 Å². The van der Waals surface area contributed by atoms with Crippen LogP contribution >= 0.6 is 15.2 Å². The zero-order valence-corrected chi connectivity index (χ0v) is 18.9. The highest BCUT2D eigenvalue weighted by molar-refractivity contribution is 7.53. The van der Waals surface area contributed by atoms with Gasteiger partial charge in [-0.2, -0.15) is 5.10 Å². The molecule has 30 heavy (non-hydrogen) atoms. The number of anilines is 1. The summed E-state index contributed by atoms with van der Waals surface area (Å²) in [5, 5.41) is 4.79. The van der Waals surface area contributed by atoms with Crippen molar-refractivity contribution < 1.29 is 32.7 Å². The Labute approximate surface area is 173 Å². The average Bonchev–Trinajstić information content (AvgIpc) is 3.24. The molecule has 0 radical (unpaired) electrons. The molecule has 12 nitrogen and oxygen atoms in total. The molecule has 3 heterocycles. The van der Waals surface area contributed by atoms with Gasteiger partial charge in [-0.15, -0.1) is 0 Å². The molecular weight excluding hydrogens is 436 g/mol. The van der Waals surface area contributed by atoms with Gasteiger partial charge in [0.1, 0.15) is 24.4 Å². The van der Waals surface area contributed by atoms with E-state index in [0.29, 0.717) is 11.0 Å². The first-order chi connectivity index (χ1) is 13.9. The molecule has 0 aromatic carbocycles. The molecule has 3 rings (SSSR count). The molecule has 0 aliphatic carbocycles. The second-order valence-corrected chi connectivity index (χ2v) is 12.5. The zero-order valence-electron chi connectivity index (χ0n) is 17.2. The summed E-state index contributed by atoms with van der Waals surface area (Å²) in [6.45, 7) is 5.98. The van der Waals surface area contributed by atoms with Gasteiger partial charge in [0.25, 0.3) is 0 Å². The lowest BCUT2D eigenvalue weighted by Gasteiger charge is -2.24. The molecule has 1 fully saturated rings. The van der Waals surface area contributed by atoms with E-state index in [1.807, 2.05) is 0 Å². The number of hydrogen-bond donors (Lipinski definition) is 3. The SMILES string of the molecule is CC(C)P(=O)(O)OC[C@H]1O[C@@H](n2ncc3c(N)ncnc32)C[C@H]1OP(=O)(O)C(C)C. The van der Waals surface area contributed by atoms with Gasteiger partial charge in [0.15, 0.2) is 11.9 Å². The molecule has 0 saturated carbocycles. The van der Waals surface area contributed by atoms with Gasteiger partial charge in [-0.05, 0) is 0 Å². The molecule has 4 N–H and O–H groups in total. The summed E-state index contributed by atoms with van der Waals surface area (Å²) >= 11 is 0. The van der Waals surface area contributed by atoms with Crippen molar-refractivity contribution in [2.75, 3.05) is 12.3 Å². The highest BCUT2D eigenvalue weighted by Crippen LogP contribution is 2.52. The largest absolute Gasteiger partial charge is 0.383 e. The van der Waals surface area contributed by atoms with Crippen LogP contribution in [-0.2, 0) is 22.9 Å². The lowest BCUT2D eigenvalue weighted by atomic mass is 10.2. The standard InChI is InChI=1S/C16H27N5O7P2/c1-9(2)29(22,23)26-7-13-12(28-30(24,25)10(3)4)5-14(27-13)21-16-11(6-20-21)15(17)18-8-19-16/h6,8-10,12-14H,5,7H2,1-4H3,(H,22,23)(H,24,25)(H2,17,18,19)/t12-,13-,14-/m1/s1. The van der Waals surface area contributed by atoms with Crippen LogP contribution < -0.4 is 5.73 Å². The summed E-state index contributed by atoms with van der Waals surface area (Å²) in [5.41, 5.74) is 5.04. The van der Waals surface area contributed by atoms with Crippen LogP contribution in [0.3, 0.4) is 0 Å². The monoisotopic (exact) mass is 463 g/mol. The van der Waals surface area contributed by atoms with Gasteiger partial charge >= 0.3 is 15.2 Å². The summed E-state index contributed by atoms with van der Waals surface area (Å²) < 4.78 is 42.8. The fourth-order valence-electron chi connectivity index (χ4n) is 2.85. The van der Waals surface area contributed by atoms with Crippen molar-refractivity contribution in [1.82, 2.24) is 19.7 Å².